The topological polar surface area (TPSA) is 79.3 Å². The highest BCUT2D eigenvalue weighted by atomic mass is 32.1. The van der Waals surface area contributed by atoms with Crippen LogP contribution in [0.2, 0.25) is 0 Å². The van der Waals surface area contributed by atoms with Crippen LogP contribution in [0.25, 0.3) is 10.2 Å². The van der Waals surface area contributed by atoms with E-state index in [1.165, 1.54) is 11.3 Å². The maximum Gasteiger partial charge on any atom is 0.189 e. The first-order valence-electron chi connectivity index (χ1n) is 8.01. The first kappa shape index (κ1) is 16.6. The van der Waals surface area contributed by atoms with E-state index in [1.807, 2.05) is 30.5 Å². The summed E-state index contributed by atoms with van der Waals surface area (Å²) in [7, 11) is 0. The fourth-order valence-electron chi connectivity index (χ4n) is 2.38. The third kappa shape index (κ3) is 3.71. The quantitative estimate of drug-likeness (QED) is 0.389. The van der Waals surface area contributed by atoms with Crippen LogP contribution in [0.1, 0.15) is 6.92 Å². The molecule has 4 rings (SSSR count). The molecule has 0 saturated carbocycles. The Morgan fingerprint density at radius 3 is 2.69 bits per heavy atom. The second-order valence-electron chi connectivity index (χ2n) is 5.42. The number of ether oxygens (including phenoxy) is 1. The van der Waals surface area contributed by atoms with Crippen LogP contribution in [0.4, 0.5) is 21.8 Å². The van der Waals surface area contributed by atoms with Crippen molar-refractivity contribution in [3.63, 3.8) is 0 Å². The first-order valence-corrected chi connectivity index (χ1v) is 9.71. The van der Waals surface area contributed by atoms with Crippen LogP contribution in [0.15, 0.2) is 47.8 Å². The monoisotopic (exact) mass is 384 g/mol. The Morgan fingerprint density at radius 2 is 1.88 bits per heavy atom. The second-order valence-corrected chi connectivity index (χ2v) is 7.31. The summed E-state index contributed by atoms with van der Waals surface area (Å²) >= 11 is 3.05. The van der Waals surface area contributed by atoms with E-state index in [0.29, 0.717) is 6.61 Å². The molecule has 0 spiro atoms. The van der Waals surface area contributed by atoms with Gasteiger partial charge in [-0.15, -0.1) is 11.3 Å². The SMILES string of the molecule is CCOc1ccc2nc(Nc3csc(Nc4ccc(O)cc4)n3)sc2c1. The van der Waals surface area contributed by atoms with Crippen molar-refractivity contribution in [2.75, 3.05) is 17.2 Å². The molecule has 8 heteroatoms. The lowest BCUT2D eigenvalue weighted by Gasteiger charge is -2.02. The van der Waals surface area contributed by atoms with Gasteiger partial charge < -0.3 is 20.5 Å². The highest BCUT2D eigenvalue weighted by molar-refractivity contribution is 7.22. The Kier molecular flexibility index (Phi) is 4.59. The van der Waals surface area contributed by atoms with E-state index >= 15 is 0 Å². The van der Waals surface area contributed by atoms with Gasteiger partial charge in [0.1, 0.15) is 17.3 Å². The number of aromatic nitrogens is 2. The molecule has 0 aliphatic carbocycles. The molecule has 3 N–H and O–H groups in total. The van der Waals surface area contributed by atoms with Crippen molar-refractivity contribution < 1.29 is 9.84 Å². The maximum absolute atomic E-state index is 9.33. The summed E-state index contributed by atoms with van der Waals surface area (Å²) in [6.07, 6.45) is 0. The first-order chi connectivity index (χ1) is 12.7. The van der Waals surface area contributed by atoms with Crippen LogP contribution in [-0.2, 0) is 0 Å². The molecule has 6 nitrogen and oxygen atoms in total. The highest BCUT2D eigenvalue weighted by Crippen LogP contribution is 2.32. The van der Waals surface area contributed by atoms with Gasteiger partial charge in [0.25, 0.3) is 0 Å². The molecule has 4 aromatic rings. The number of rotatable bonds is 6. The number of nitrogens with one attached hydrogen (secondary N) is 2. The molecular weight excluding hydrogens is 368 g/mol. The zero-order chi connectivity index (χ0) is 17.9. The minimum Gasteiger partial charge on any atom is -0.508 e. The Bertz CT molecular complexity index is 1030. The molecule has 2 aromatic carbocycles. The summed E-state index contributed by atoms with van der Waals surface area (Å²) in [5, 5.41) is 19.3. The fourth-order valence-corrected chi connectivity index (χ4v) is 3.95. The van der Waals surface area contributed by atoms with E-state index < -0.39 is 0 Å². The van der Waals surface area contributed by atoms with Crippen LogP contribution in [0.5, 0.6) is 11.5 Å². The third-order valence-electron chi connectivity index (χ3n) is 3.53. The van der Waals surface area contributed by atoms with Gasteiger partial charge in [-0.05, 0) is 49.4 Å². The minimum atomic E-state index is 0.236. The van der Waals surface area contributed by atoms with Crippen molar-refractivity contribution in [2.45, 2.75) is 6.92 Å². The largest absolute Gasteiger partial charge is 0.508 e. The molecule has 132 valence electrons. The number of phenolic OH excluding ortho intramolecular Hbond substituents is 1. The summed E-state index contributed by atoms with van der Waals surface area (Å²) in [6, 6.07) is 12.7. The Labute approximate surface area is 158 Å². The Morgan fingerprint density at radius 1 is 1.04 bits per heavy atom. The van der Waals surface area contributed by atoms with Gasteiger partial charge in [0, 0.05) is 11.1 Å². The van der Waals surface area contributed by atoms with E-state index in [0.717, 1.165) is 37.7 Å². The molecule has 0 atom stereocenters. The summed E-state index contributed by atoms with van der Waals surface area (Å²) in [5.41, 5.74) is 1.80. The number of fused-ring (bicyclic) bond motifs is 1. The number of thiazole rings is 2. The van der Waals surface area contributed by atoms with Gasteiger partial charge in [0.05, 0.1) is 16.8 Å². The lowest BCUT2D eigenvalue weighted by atomic mass is 10.3. The lowest BCUT2D eigenvalue weighted by Crippen LogP contribution is -1.92. The van der Waals surface area contributed by atoms with Gasteiger partial charge in [-0.3, -0.25) is 0 Å². The Balaban J connectivity index is 1.48. The number of nitrogens with zero attached hydrogens (tertiary/aromatic N) is 2. The average molecular weight is 384 g/mol. The Hall–Kier alpha value is -2.84. The van der Waals surface area contributed by atoms with Gasteiger partial charge in [-0.25, -0.2) is 9.97 Å². The van der Waals surface area contributed by atoms with Crippen molar-refractivity contribution >= 4 is 54.7 Å². The molecule has 0 aliphatic rings. The molecule has 0 aliphatic heterocycles. The van der Waals surface area contributed by atoms with Gasteiger partial charge in [0.2, 0.25) is 0 Å². The molecule has 2 heterocycles. The zero-order valence-electron chi connectivity index (χ0n) is 13.9. The normalized spacial score (nSPS) is 10.8. The van der Waals surface area contributed by atoms with E-state index in [1.54, 1.807) is 35.6 Å². The molecule has 0 radical (unpaired) electrons. The van der Waals surface area contributed by atoms with Crippen molar-refractivity contribution in [1.82, 2.24) is 9.97 Å². The van der Waals surface area contributed by atoms with Crippen LogP contribution >= 0.6 is 22.7 Å². The number of aromatic hydroxyl groups is 1. The zero-order valence-corrected chi connectivity index (χ0v) is 15.5. The smallest absolute Gasteiger partial charge is 0.189 e. The number of hydrogen-bond donors (Lipinski definition) is 3. The number of hydrogen-bond acceptors (Lipinski definition) is 8. The molecule has 0 bridgehead atoms. The fraction of sp³-hybridized carbons (Fsp3) is 0.111. The lowest BCUT2D eigenvalue weighted by molar-refractivity contribution is 0.341. The average Bonchev–Trinajstić information content (AvgIpc) is 3.23. The van der Waals surface area contributed by atoms with E-state index in [2.05, 4.69) is 20.6 Å². The van der Waals surface area contributed by atoms with Crippen LogP contribution in [0, 0.1) is 0 Å². The van der Waals surface area contributed by atoms with Crippen molar-refractivity contribution in [3.05, 3.63) is 47.8 Å². The standard InChI is InChI=1S/C18H16N4O2S2/c1-2-24-13-7-8-14-15(9-13)26-18(20-14)22-16-10-25-17(21-16)19-11-3-5-12(23)6-4-11/h3-10,23H,2H2,1H3,(H,19,21)(H,20,22). The molecule has 0 fully saturated rings. The molecule has 0 amide bonds. The predicted molar refractivity (Wildman–Crippen MR) is 108 cm³/mol. The van der Waals surface area contributed by atoms with E-state index in [-0.39, 0.29) is 5.75 Å². The van der Waals surface area contributed by atoms with Crippen LogP contribution in [-0.4, -0.2) is 21.7 Å². The van der Waals surface area contributed by atoms with E-state index in [4.69, 9.17) is 4.74 Å². The van der Waals surface area contributed by atoms with Gasteiger partial charge in [-0.1, -0.05) is 11.3 Å². The second kappa shape index (κ2) is 7.19. The molecule has 26 heavy (non-hydrogen) atoms. The van der Waals surface area contributed by atoms with E-state index in [9.17, 15) is 5.11 Å². The highest BCUT2D eigenvalue weighted by Gasteiger charge is 2.08. The van der Waals surface area contributed by atoms with Gasteiger partial charge in [-0.2, -0.15) is 0 Å². The molecule has 0 saturated heterocycles. The number of benzene rings is 2. The molecule has 2 aromatic heterocycles. The van der Waals surface area contributed by atoms with Gasteiger partial charge >= 0.3 is 0 Å². The van der Waals surface area contributed by atoms with Crippen LogP contribution < -0.4 is 15.4 Å². The summed E-state index contributed by atoms with van der Waals surface area (Å²) in [5.74, 6) is 1.82. The third-order valence-corrected chi connectivity index (χ3v) is 5.22. The summed E-state index contributed by atoms with van der Waals surface area (Å²) in [4.78, 5) is 9.10. The summed E-state index contributed by atoms with van der Waals surface area (Å²) in [6.45, 7) is 2.61. The number of phenols is 1. The minimum absolute atomic E-state index is 0.236. The molecule has 0 unspecified atom stereocenters. The van der Waals surface area contributed by atoms with Crippen LogP contribution in [0.3, 0.4) is 0 Å². The van der Waals surface area contributed by atoms with Crippen molar-refractivity contribution in [3.8, 4) is 11.5 Å². The van der Waals surface area contributed by atoms with Gasteiger partial charge in [0.15, 0.2) is 10.3 Å². The van der Waals surface area contributed by atoms with Crippen molar-refractivity contribution in [1.29, 1.82) is 0 Å². The maximum atomic E-state index is 9.33. The summed E-state index contributed by atoms with van der Waals surface area (Å²) < 4.78 is 6.60. The van der Waals surface area contributed by atoms with Crippen molar-refractivity contribution in [2.24, 2.45) is 0 Å². The number of anilines is 4. The molecular formula is C18H16N4O2S2. The predicted octanol–water partition coefficient (Wildman–Crippen LogP) is 5.34.